The second kappa shape index (κ2) is 5.96. The average molecular weight is 260 g/mol. The molecule has 1 aliphatic rings. The summed E-state index contributed by atoms with van der Waals surface area (Å²) in [6, 6.07) is -0.0901. The molecule has 1 amide bonds. The summed E-state index contributed by atoms with van der Waals surface area (Å²) in [5.41, 5.74) is 0. The Bertz CT molecular complexity index is 305. The Morgan fingerprint density at radius 3 is 2.29 bits per heavy atom. The lowest BCUT2D eigenvalue weighted by atomic mass is 10.1. The van der Waals surface area contributed by atoms with Gasteiger partial charge in [0.25, 0.3) is 0 Å². The van der Waals surface area contributed by atoms with E-state index in [1.807, 2.05) is 4.90 Å². The summed E-state index contributed by atoms with van der Waals surface area (Å²) in [4.78, 5) is 14.1. The van der Waals surface area contributed by atoms with Crippen molar-refractivity contribution in [1.29, 1.82) is 0 Å². The van der Waals surface area contributed by atoms with Crippen molar-refractivity contribution >= 4 is 16.7 Å². The van der Waals surface area contributed by atoms with Crippen molar-refractivity contribution in [3.63, 3.8) is 0 Å². The molecular weight excluding hydrogens is 236 g/mol. The molecule has 100 valence electrons. The minimum atomic E-state index is -0.848. The Balaban J connectivity index is 2.75. The first-order valence-electron chi connectivity index (χ1n) is 6.21. The van der Waals surface area contributed by atoms with Crippen LogP contribution in [0.5, 0.6) is 0 Å². The first kappa shape index (κ1) is 14.6. The molecule has 0 aromatic heterocycles. The van der Waals surface area contributed by atoms with E-state index in [9.17, 15) is 9.00 Å². The highest BCUT2D eigenvalue weighted by atomic mass is 32.2. The molecule has 0 radical (unpaired) electrons. The van der Waals surface area contributed by atoms with E-state index in [-0.39, 0.29) is 18.1 Å². The van der Waals surface area contributed by atoms with Crippen LogP contribution in [0.25, 0.3) is 0 Å². The summed E-state index contributed by atoms with van der Waals surface area (Å²) in [5, 5.41) is 3.39. The molecule has 1 N–H and O–H groups in total. The van der Waals surface area contributed by atoms with Gasteiger partial charge in [-0.2, -0.15) is 0 Å². The summed E-state index contributed by atoms with van der Waals surface area (Å²) in [7, 11) is -0.848. The second-order valence-electron chi connectivity index (χ2n) is 5.39. The van der Waals surface area contributed by atoms with Gasteiger partial charge in [0.05, 0.1) is 12.2 Å². The zero-order valence-electron chi connectivity index (χ0n) is 11.4. The monoisotopic (exact) mass is 260 g/mol. The third kappa shape index (κ3) is 3.52. The smallest absolute Gasteiger partial charge is 0.241 e. The molecule has 1 saturated heterocycles. The number of rotatable bonds is 5. The number of amides is 1. The molecular formula is C12H24N2O2S. The molecule has 4 nitrogen and oxygen atoms in total. The molecule has 5 heteroatoms. The Hall–Kier alpha value is -0.420. The van der Waals surface area contributed by atoms with Crippen molar-refractivity contribution in [2.75, 3.05) is 18.6 Å². The van der Waals surface area contributed by atoms with Gasteiger partial charge < -0.3 is 4.90 Å². The topological polar surface area (TPSA) is 49.4 Å². The third-order valence-electron chi connectivity index (χ3n) is 3.15. The Morgan fingerprint density at radius 2 is 1.88 bits per heavy atom. The molecule has 1 aliphatic heterocycles. The predicted molar refractivity (Wildman–Crippen MR) is 71.0 cm³/mol. The van der Waals surface area contributed by atoms with Gasteiger partial charge in [-0.15, -0.1) is 0 Å². The van der Waals surface area contributed by atoms with E-state index in [2.05, 4.69) is 33.0 Å². The third-order valence-corrected chi connectivity index (χ3v) is 3.91. The Morgan fingerprint density at radius 1 is 1.29 bits per heavy atom. The molecule has 1 heterocycles. The summed E-state index contributed by atoms with van der Waals surface area (Å²) >= 11 is 0. The van der Waals surface area contributed by atoms with E-state index in [0.717, 1.165) is 0 Å². The summed E-state index contributed by atoms with van der Waals surface area (Å²) < 4.78 is 11.2. The van der Waals surface area contributed by atoms with Crippen LogP contribution in [0.1, 0.15) is 27.7 Å². The van der Waals surface area contributed by atoms with E-state index in [1.165, 1.54) is 0 Å². The van der Waals surface area contributed by atoms with Gasteiger partial charge in [-0.25, -0.2) is 0 Å². The highest BCUT2D eigenvalue weighted by Crippen LogP contribution is 2.21. The lowest BCUT2D eigenvalue weighted by molar-refractivity contribution is -0.130. The number of carbonyl (C=O) groups excluding carboxylic acids is 1. The first-order valence-corrected chi connectivity index (χ1v) is 7.94. The van der Waals surface area contributed by atoms with Crippen molar-refractivity contribution < 1.29 is 9.00 Å². The quantitative estimate of drug-likeness (QED) is 0.795. The van der Waals surface area contributed by atoms with Crippen molar-refractivity contribution in [3.8, 4) is 0 Å². The van der Waals surface area contributed by atoms with Gasteiger partial charge in [0, 0.05) is 29.4 Å². The fourth-order valence-electron chi connectivity index (χ4n) is 2.17. The van der Waals surface area contributed by atoms with Crippen molar-refractivity contribution in [1.82, 2.24) is 10.2 Å². The number of carbonyl (C=O) groups is 1. The molecule has 0 saturated carbocycles. The van der Waals surface area contributed by atoms with Gasteiger partial charge in [0.2, 0.25) is 5.91 Å². The van der Waals surface area contributed by atoms with Crippen LogP contribution < -0.4 is 5.32 Å². The molecule has 0 aromatic rings. The highest BCUT2D eigenvalue weighted by Gasteiger charge is 2.41. The van der Waals surface area contributed by atoms with E-state index >= 15 is 0 Å². The van der Waals surface area contributed by atoms with Gasteiger partial charge in [0.1, 0.15) is 0 Å². The predicted octanol–water partition coefficient (Wildman–Crippen LogP) is 0.803. The Labute approximate surface area is 107 Å². The van der Waals surface area contributed by atoms with E-state index in [4.69, 9.17) is 0 Å². The number of nitrogens with one attached hydrogen (secondary N) is 1. The van der Waals surface area contributed by atoms with Crippen molar-refractivity contribution in [2.24, 2.45) is 11.8 Å². The van der Waals surface area contributed by atoms with Gasteiger partial charge in [0.15, 0.2) is 0 Å². The number of hydrogen-bond acceptors (Lipinski definition) is 3. The molecule has 3 atom stereocenters. The molecule has 1 rings (SSSR count). The first-order chi connectivity index (χ1) is 7.84. The van der Waals surface area contributed by atoms with E-state index in [1.54, 1.807) is 6.26 Å². The van der Waals surface area contributed by atoms with E-state index in [0.29, 0.717) is 24.1 Å². The minimum absolute atomic E-state index is 0.0819. The van der Waals surface area contributed by atoms with Crippen LogP contribution in [0.3, 0.4) is 0 Å². The number of nitrogens with zero attached hydrogens (tertiary/aromatic N) is 1. The van der Waals surface area contributed by atoms with Gasteiger partial charge in [-0.3, -0.25) is 14.3 Å². The molecule has 3 unspecified atom stereocenters. The zero-order valence-corrected chi connectivity index (χ0v) is 12.2. The van der Waals surface area contributed by atoms with Gasteiger partial charge in [-0.05, 0) is 11.8 Å². The van der Waals surface area contributed by atoms with Crippen LogP contribution in [-0.4, -0.2) is 45.8 Å². The normalized spacial score (nSPS) is 27.2. The largest absolute Gasteiger partial charge is 0.325 e. The van der Waals surface area contributed by atoms with Crippen LogP contribution in [0.15, 0.2) is 0 Å². The maximum atomic E-state index is 12.2. The molecule has 0 aromatic carbocycles. The lowest BCUT2D eigenvalue weighted by Gasteiger charge is -2.26. The zero-order chi connectivity index (χ0) is 13.2. The number of hydrogen-bond donors (Lipinski definition) is 1. The second-order valence-corrected chi connectivity index (χ2v) is 6.94. The van der Waals surface area contributed by atoms with Gasteiger partial charge >= 0.3 is 0 Å². The van der Waals surface area contributed by atoms with E-state index < -0.39 is 10.8 Å². The van der Waals surface area contributed by atoms with Crippen LogP contribution in [0, 0.1) is 11.8 Å². The average Bonchev–Trinajstić information content (AvgIpc) is 2.52. The summed E-state index contributed by atoms with van der Waals surface area (Å²) in [5.74, 6) is 1.37. The minimum Gasteiger partial charge on any atom is -0.325 e. The standard InChI is InChI=1S/C12H24N2O2S/c1-8(2)10-12(15)14(6-7-17(5)16)11(13-10)9(3)4/h8-11,13H,6-7H2,1-5H3. The van der Waals surface area contributed by atoms with Crippen molar-refractivity contribution in [2.45, 2.75) is 39.9 Å². The van der Waals surface area contributed by atoms with Crippen molar-refractivity contribution in [3.05, 3.63) is 0 Å². The maximum absolute atomic E-state index is 12.2. The Kier molecular flexibility index (Phi) is 5.13. The molecule has 17 heavy (non-hydrogen) atoms. The highest BCUT2D eigenvalue weighted by molar-refractivity contribution is 7.84. The van der Waals surface area contributed by atoms with Crippen LogP contribution in [0.2, 0.25) is 0 Å². The fourth-order valence-corrected chi connectivity index (χ4v) is 2.62. The lowest BCUT2D eigenvalue weighted by Crippen LogP contribution is -2.43. The SMILES string of the molecule is CC(C)C1NC(C(C)C)N(CCS(C)=O)C1=O. The summed E-state index contributed by atoms with van der Waals surface area (Å²) in [6.45, 7) is 8.89. The van der Waals surface area contributed by atoms with Crippen LogP contribution >= 0.6 is 0 Å². The molecule has 1 fully saturated rings. The van der Waals surface area contributed by atoms with Crippen LogP contribution in [0.4, 0.5) is 0 Å². The fraction of sp³-hybridized carbons (Fsp3) is 0.917. The maximum Gasteiger partial charge on any atom is 0.241 e. The van der Waals surface area contributed by atoms with Crippen LogP contribution in [-0.2, 0) is 15.6 Å². The van der Waals surface area contributed by atoms with Gasteiger partial charge in [-0.1, -0.05) is 27.7 Å². The molecule has 0 spiro atoms. The molecule has 0 aliphatic carbocycles. The summed E-state index contributed by atoms with van der Waals surface area (Å²) in [6.07, 6.45) is 1.76. The molecule has 0 bridgehead atoms.